The Morgan fingerprint density at radius 1 is 1.13 bits per heavy atom. The lowest BCUT2D eigenvalue weighted by molar-refractivity contribution is -0.140. The smallest absolute Gasteiger partial charge is 0.226 e. The summed E-state index contributed by atoms with van der Waals surface area (Å²) in [6.07, 6.45) is 9.93. The van der Waals surface area contributed by atoms with Crippen LogP contribution in [0, 0.1) is 11.8 Å². The maximum atomic E-state index is 13.2. The Morgan fingerprint density at radius 3 is 2.58 bits per heavy atom. The second-order valence-electron chi connectivity index (χ2n) is 9.88. The molecule has 5 nitrogen and oxygen atoms in total. The lowest BCUT2D eigenvalue weighted by Crippen LogP contribution is -2.51. The molecular formula is C26H35N3O2. The molecule has 166 valence electrons. The fourth-order valence-electron chi connectivity index (χ4n) is 5.76. The molecule has 4 atom stereocenters. The van der Waals surface area contributed by atoms with E-state index in [4.69, 9.17) is 4.74 Å². The summed E-state index contributed by atoms with van der Waals surface area (Å²) in [6, 6.07) is 13.1. The zero-order chi connectivity index (χ0) is 21.2. The molecule has 1 aromatic heterocycles. The van der Waals surface area contributed by atoms with Gasteiger partial charge in [-0.3, -0.25) is 9.89 Å². The van der Waals surface area contributed by atoms with Crippen molar-refractivity contribution in [2.24, 2.45) is 11.8 Å². The zero-order valence-electron chi connectivity index (χ0n) is 18.6. The number of amides is 1. The molecule has 1 amide bonds. The first-order chi connectivity index (χ1) is 15.2. The number of aromatic nitrogens is 2. The Hall–Kier alpha value is -2.14. The summed E-state index contributed by atoms with van der Waals surface area (Å²) in [4.78, 5) is 15.3. The van der Waals surface area contributed by atoms with Crippen LogP contribution in [-0.2, 0) is 9.53 Å². The SMILES string of the molecule is CC1CC1C(=O)N1CCCC(c2cc[nH]n2)C1COC1CCC(c2ccccc2)CC1. The van der Waals surface area contributed by atoms with Crippen molar-refractivity contribution in [3.8, 4) is 0 Å². The zero-order valence-corrected chi connectivity index (χ0v) is 18.6. The topological polar surface area (TPSA) is 58.2 Å². The number of hydrogen-bond donors (Lipinski definition) is 1. The van der Waals surface area contributed by atoms with Gasteiger partial charge >= 0.3 is 0 Å². The minimum atomic E-state index is 0.101. The highest BCUT2D eigenvalue weighted by Crippen LogP contribution is 2.42. The normalized spacial score (nSPS) is 33.3. The third kappa shape index (κ3) is 4.57. The van der Waals surface area contributed by atoms with Crippen LogP contribution in [0.2, 0.25) is 0 Å². The lowest BCUT2D eigenvalue weighted by Gasteiger charge is -2.42. The number of benzene rings is 1. The van der Waals surface area contributed by atoms with E-state index in [1.165, 1.54) is 18.4 Å². The van der Waals surface area contributed by atoms with Crippen LogP contribution < -0.4 is 0 Å². The maximum Gasteiger partial charge on any atom is 0.226 e. The molecule has 1 N–H and O–H groups in total. The number of carbonyl (C=O) groups is 1. The molecule has 2 heterocycles. The van der Waals surface area contributed by atoms with Crippen LogP contribution in [-0.4, -0.2) is 46.3 Å². The summed E-state index contributed by atoms with van der Waals surface area (Å²) >= 11 is 0. The van der Waals surface area contributed by atoms with Crippen LogP contribution in [0.3, 0.4) is 0 Å². The van der Waals surface area contributed by atoms with Crippen molar-refractivity contribution in [3.63, 3.8) is 0 Å². The Bertz CT molecular complexity index is 845. The Morgan fingerprint density at radius 2 is 1.90 bits per heavy atom. The van der Waals surface area contributed by atoms with E-state index in [9.17, 15) is 4.79 Å². The average molecular weight is 422 g/mol. The molecule has 2 aromatic rings. The van der Waals surface area contributed by atoms with Gasteiger partial charge in [0.2, 0.25) is 5.91 Å². The van der Waals surface area contributed by atoms with Crippen molar-refractivity contribution in [2.45, 2.75) is 75.9 Å². The van der Waals surface area contributed by atoms with Gasteiger partial charge in [-0.15, -0.1) is 0 Å². The van der Waals surface area contributed by atoms with Crippen molar-refractivity contribution in [2.75, 3.05) is 13.2 Å². The van der Waals surface area contributed by atoms with Crippen LogP contribution >= 0.6 is 0 Å². The van der Waals surface area contributed by atoms with Gasteiger partial charge in [-0.05, 0) is 68.4 Å². The van der Waals surface area contributed by atoms with Crippen molar-refractivity contribution in [3.05, 3.63) is 53.9 Å². The maximum absolute atomic E-state index is 13.2. The fourth-order valence-corrected chi connectivity index (χ4v) is 5.76. The fraction of sp³-hybridized carbons (Fsp3) is 0.615. The molecule has 0 radical (unpaired) electrons. The number of likely N-dealkylation sites (tertiary alicyclic amines) is 1. The van der Waals surface area contributed by atoms with Crippen molar-refractivity contribution < 1.29 is 9.53 Å². The number of H-pyrrole nitrogens is 1. The molecular weight excluding hydrogens is 386 g/mol. The molecule has 5 rings (SSSR count). The van der Waals surface area contributed by atoms with Gasteiger partial charge in [0.1, 0.15) is 0 Å². The van der Waals surface area contributed by atoms with Gasteiger partial charge < -0.3 is 9.64 Å². The molecule has 3 aliphatic rings. The van der Waals surface area contributed by atoms with Gasteiger partial charge in [-0.25, -0.2) is 0 Å². The average Bonchev–Trinajstić information content (AvgIpc) is 3.31. The molecule has 3 fully saturated rings. The predicted octanol–water partition coefficient (Wildman–Crippen LogP) is 4.88. The largest absolute Gasteiger partial charge is 0.376 e. The molecule has 2 saturated carbocycles. The van der Waals surface area contributed by atoms with E-state index in [0.717, 1.165) is 44.3 Å². The van der Waals surface area contributed by atoms with Gasteiger partial charge in [0.15, 0.2) is 0 Å². The van der Waals surface area contributed by atoms with E-state index in [2.05, 4.69) is 58.4 Å². The summed E-state index contributed by atoms with van der Waals surface area (Å²) in [7, 11) is 0. The number of carbonyl (C=O) groups excluding carboxylic acids is 1. The molecule has 2 aliphatic carbocycles. The van der Waals surface area contributed by atoms with Crippen molar-refractivity contribution in [1.82, 2.24) is 15.1 Å². The number of nitrogens with zero attached hydrogens (tertiary/aromatic N) is 2. The first-order valence-electron chi connectivity index (χ1n) is 12.2. The molecule has 31 heavy (non-hydrogen) atoms. The summed E-state index contributed by atoms with van der Waals surface area (Å²) in [5, 5.41) is 7.44. The third-order valence-electron chi connectivity index (χ3n) is 7.84. The first kappa shape index (κ1) is 20.7. The minimum Gasteiger partial charge on any atom is -0.376 e. The molecule has 5 heteroatoms. The minimum absolute atomic E-state index is 0.101. The van der Waals surface area contributed by atoms with E-state index in [-0.39, 0.29) is 17.9 Å². The Balaban J connectivity index is 1.23. The van der Waals surface area contributed by atoms with E-state index in [1.54, 1.807) is 0 Å². The van der Waals surface area contributed by atoms with Crippen molar-refractivity contribution >= 4 is 5.91 Å². The standard InChI is InChI=1S/C26H35N3O2/c1-18-16-23(18)26(30)29-15-5-8-22(24-13-14-27-28-24)25(29)17-31-21-11-9-20(10-12-21)19-6-3-2-4-7-19/h2-4,6-7,13-14,18,20-23,25H,5,8-12,15-17H2,1H3,(H,27,28). The molecule has 1 aliphatic heterocycles. The van der Waals surface area contributed by atoms with Gasteiger partial charge in [0.25, 0.3) is 0 Å². The lowest BCUT2D eigenvalue weighted by atomic mass is 9.82. The van der Waals surface area contributed by atoms with Gasteiger partial charge in [-0.2, -0.15) is 5.10 Å². The van der Waals surface area contributed by atoms with E-state index in [0.29, 0.717) is 30.5 Å². The summed E-state index contributed by atoms with van der Waals surface area (Å²) in [5.41, 5.74) is 2.53. The molecule has 1 aromatic carbocycles. The second-order valence-corrected chi connectivity index (χ2v) is 9.88. The van der Waals surface area contributed by atoms with E-state index < -0.39 is 0 Å². The number of ether oxygens (including phenoxy) is 1. The molecule has 4 unspecified atom stereocenters. The third-order valence-corrected chi connectivity index (χ3v) is 7.84. The summed E-state index contributed by atoms with van der Waals surface area (Å²) in [5.74, 6) is 2.02. The number of nitrogens with one attached hydrogen (secondary N) is 1. The van der Waals surface area contributed by atoms with Crippen molar-refractivity contribution in [1.29, 1.82) is 0 Å². The highest BCUT2D eigenvalue weighted by atomic mass is 16.5. The predicted molar refractivity (Wildman–Crippen MR) is 121 cm³/mol. The van der Waals surface area contributed by atoms with Gasteiger partial charge in [0, 0.05) is 24.6 Å². The Kier molecular flexibility index (Phi) is 6.13. The summed E-state index contributed by atoms with van der Waals surface area (Å²) in [6.45, 7) is 3.68. The number of piperidine rings is 1. The van der Waals surface area contributed by atoms with Crippen LogP contribution in [0.25, 0.3) is 0 Å². The summed E-state index contributed by atoms with van der Waals surface area (Å²) < 4.78 is 6.51. The second kappa shape index (κ2) is 9.15. The highest BCUT2D eigenvalue weighted by Gasteiger charge is 2.46. The van der Waals surface area contributed by atoms with Crippen LogP contribution in [0.4, 0.5) is 0 Å². The van der Waals surface area contributed by atoms with E-state index >= 15 is 0 Å². The van der Waals surface area contributed by atoms with Crippen LogP contribution in [0.15, 0.2) is 42.6 Å². The monoisotopic (exact) mass is 421 g/mol. The number of aromatic amines is 1. The van der Waals surface area contributed by atoms with Gasteiger partial charge in [0.05, 0.1) is 24.4 Å². The number of hydrogen-bond acceptors (Lipinski definition) is 3. The molecule has 0 spiro atoms. The highest BCUT2D eigenvalue weighted by molar-refractivity contribution is 5.82. The van der Waals surface area contributed by atoms with Crippen LogP contribution in [0.1, 0.15) is 75.0 Å². The Labute approximate surface area is 185 Å². The van der Waals surface area contributed by atoms with E-state index in [1.807, 2.05) is 6.20 Å². The quantitative estimate of drug-likeness (QED) is 0.723. The molecule has 1 saturated heterocycles. The molecule has 0 bridgehead atoms. The van der Waals surface area contributed by atoms with Crippen LogP contribution in [0.5, 0.6) is 0 Å². The van der Waals surface area contributed by atoms with Gasteiger partial charge in [-0.1, -0.05) is 37.3 Å². The first-order valence-corrected chi connectivity index (χ1v) is 12.2. The number of rotatable bonds is 6.